The Kier molecular flexibility index (Phi) is 4.34. The molecule has 0 aliphatic carbocycles. The standard InChI is InChI=1S/C18H23NO3S/c1-13-8-14(2)12-19(11-13)23(20,21)18-7-5-15-9-17(22-3)6-4-16(15)10-18/h4-7,9-10,13-14H,8,11-12H2,1-3H3/t13-,14-/m0/s1. The maximum absolute atomic E-state index is 12.9. The molecule has 0 radical (unpaired) electrons. The molecule has 0 amide bonds. The minimum atomic E-state index is -3.43. The van der Waals surface area contributed by atoms with Crippen LogP contribution < -0.4 is 4.74 Å². The van der Waals surface area contributed by atoms with Gasteiger partial charge in [-0.1, -0.05) is 26.0 Å². The van der Waals surface area contributed by atoms with Crippen LogP contribution in [0.15, 0.2) is 41.3 Å². The van der Waals surface area contributed by atoms with Crippen molar-refractivity contribution < 1.29 is 13.2 Å². The summed E-state index contributed by atoms with van der Waals surface area (Å²) in [7, 11) is -1.81. The van der Waals surface area contributed by atoms with Crippen molar-refractivity contribution in [1.82, 2.24) is 4.31 Å². The Balaban J connectivity index is 1.98. The third-order valence-electron chi connectivity index (χ3n) is 4.49. The molecule has 0 saturated carbocycles. The Morgan fingerprint density at radius 2 is 1.61 bits per heavy atom. The van der Waals surface area contributed by atoms with Gasteiger partial charge in [0.15, 0.2) is 0 Å². The predicted molar refractivity (Wildman–Crippen MR) is 92.2 cm³/mol. The van der Waals surface area contributed by atoms with Gasteiger partial charge in [0.1, 0.15) is 5.75 Å². The summed E-state index contributed by atoms with van der Waals surface area (Å²) < 4.78 is 32.7. The van der Waals surface area contributed by atoms with Crippen LogP contribution in [0.5, 0.6) is 5.75 Å². The highest BCUT2D eigenvalue weighted by Crippen LogP contribution is 2.29. The van der Waals surface area contributed by atoms with Gasteiger partial charge in [0.05, 0.1) is 12.0 Å². The van der Waals surface area contributed by atoms with E-state index >= 15 is 0 Å². The molecular formula is C18H23NO3S. The Morgan fingerprint density at radius 3 is 2.26 bits per heavy atom. The lowest BCUT2D eigenvalue weighted by Gasteiger charge is -2.34. The van der Waals surface area contributed by atoms with Crippen LogP contribution in [0, 0.1) is 11.8 Å². The highest BCUT2D eigenvalue weighted by atomic mass is 32.2. The molecule has 23 heavy (non-hydrogen) atoms. The van der Waals surface area contributed by atoms with Gasteiger partial charge >= 0.3 is 0 Å². The van der Waals surface area contributed by atoms with Crippen molar-refractivity contribution >= 4 is 20.8 Å². The van der Waals surface area contributed by atoms with Crippen LogP contribution in [0.25, 0.3) is 10.8 Å². The lowest BCUT2D eigenvalue weighted by Crippen LogP contribution is -2.42. The van der Waals surface area contributed by atoms with Crippen LogP contribution >= 0.6 is 0 Å². The second kappa shape index (κ2) is 6.13. The van der Waals surface area contributed by atoms with E-state index in [1.807, 2.05) is 24.3 Å². The van der Waals surface area contributed by atoms with Crippen molar-refractivity contribution in [3.63, 3.8) is 0 Å². The van der Waals surface area contributed by atoms with Crippen LogP contribution in [-0.2, 0) is 10.0 Å². The molecule has 0 unspecified atom stereocenters. The van der Waals surface area contributed by atoms with Gasteiger partial charge in [-0.2, -0.15) is 4.31 Å². The number of hydrogen-bond acceptors (Lipinski definition) is 3. The molecule has 124 valence electrons. The van der Waals surface area contributed by atoms with Gasteiger partial charge in [-0.3, -0.25) is 0 Å². The van der Waals surface area contributed by atoms with Crippen molar-refractivity contribution in [3.05, 3.63) is 36.4 Å². The smallest absolute Gasteiger partial charge is 0.243 e. The molecule has 1 saturated heterocycles. The van der Waals surface area contributed by atoms with Gasteiger partial charge in [0.2, 0.25) is 10.0 Å². The predicted octanol–water partition coefficient (Wildman–Crippen LogP) is 3.52. The molecule has 2 aromatic carbocycles. The molecule has 1 fully saturated rings. The normalized spacial score (nSPS) is 23.1. The molecule has 3 rings (SSSR count). The molecule has 0 N–H and O–H groups in total. The first-order chi connectivity index (χ1) is 10.9. The van der Waals surface area contributed by atoms with Gasteiger partial charge in [-0.05, 0) is 53.3 Å². The quantitative estimate of drug-likeness (QED) is 0.863. The van der Waals surface area contributed by atoms with Crippen molar-refractivity contribution in [2.24, 2.45) is 11.8 Å². The maximum atomic E-state index is 12.9. The fourth-order valence-electron chi connectivity index (χ4n) is 3.44. The molecule has 2 atom stereocenters. The largest absolute Gasteiger partial charge is 0.497 e. The second-order valence-electron chi connectivity index (χ2n) is 6.64. The SMILES string of the molecule is COc1ccc2cc(S(=O)(=O)N3C[C@@H](C)C[C@H](C)C3)ccc2c1. The van der Waals surface area contributed by atoms with Crippen molar-refractivity contribution in [1.29, 1.82) is 0 Å². The zero-order chi connectivity index (χ0) is 16.6. The molecule has 0 aromatic heterocycles. The van der Waals surface area contributed by atoms with Crippen LogP contribution in [0.3, 0.4) is 0 Å². The third kappa shape index (κ3) is 3.21. The summed E-state index contributed by atoms with van der Waals surface area (Å²) in [5.74, 6) is 1.57. The minimum Gasteiger partial charge on any atom is -0.497 e. The van der Waals surface area contributed by atoms with E-state index in [1.165, 1.54) is 0 Å². The number of nitrogens with zero attached hydrogens (tertiary/aromatic N) is 1. The van der Waals surface area contributed by atoms with Crippen LogP contribution in [0.2, 0.25) is 0 Å². The number of ether oxygens (including phenoxy) is 1. The molecule has 1 aliphatic rings. The van der Waals surface area contributed by atoms with E-state index < -0.39 is 10.0 Å². The van der Waals surface area contributed by atoms with Gasteiger partial charge < -0.3 is 4.74 Å². The molecule has 0 bridgehead atoms. The van der Waals surface area contributed by atoms with E-state index in [0.717, 1.165) is 22.9 Å². The van der Waals surface area contributed by atoms with Crippen LogP contribution in [0.1, 0.15) is 20.3 Å². The average molecular weight is 333 g/mol. The third-order valence-corrected chi connectivity index (χ3v) is 6.32. The Labute approximate surface area is 138 Å². The molecule has 5 heteroatoms. The number of sulfonamides is 1. The monoisotopic (exact) mass is 333 g/mol. The fraction of sp³-hybridized carbons (Fsp3) is 0.444. The fourth-order valence-corrected chi connectivity index (χ4v) is 5.16. The summed E-state index contributed by atoms with van der Waals surface area (Å²) in [4.78, 5) is 0.372. The molecule has 1 heterocycles. The number of piperidine rings is 1. The average Bonchev–Trinajstić information content (AvgIpc) is 2.52. The topological polar surface area (TPSA) is 46.6 Å². The number of fused-ring (bicyclic) bond motifs is 1. The van der Waals surface area contributed by atoms with E-state index in [9.17, 15) is 8.42 Å². The van der Waals surface area contributed by atoms with Crippen LogP contribution in [0.4, 0.5) is 0 Å². The second-order valence-corrected chi connectivity index (χ2v) is 8.58. The van der Waals surface area contributed by atoms with Crippen molar-refractivity contribution in [3.8, 4) is 5.75 Å². The lowest BCUT2D eigenvalue weighted by atomic mass is 9.94. The summed E-state index contributed by atoms with van der Waals surface area (Å²) in [6.07, 6.45) is 1.09. The molecule has 1 aliphatic heterocycles. The van der Waals surface area contributed by atoms with Crippen LogP contribution in [-0.4, -0.2) is 32.9 Å². The number of methoxy groups -OCH3 is 1. The summed E-state index contributed by atoms with van der Waals surface area (Å²) in [6.45, 7) is 5.44. The zero-order valence-electron chi connectivity index (χ0n) is 13.8. The molecule has 4 nitrogen and oxygen atoms in total. The summed E-state index contributed by atoms with van der Waals surface area (Å²) in [5.41, 5.74) is 0. The van der Waals surface area contributed by atoms with Gasteiger partial charge in [-0.15, -0.1) is 0 Å². The van der Waals surface area contributed by atoms with Crippen molar-refractivity contribution in [2.45, 2.75) is 25.2 Å². The first-order valence-corrected chi connectivity index (χ1v) is 9.42. The Bertz CT molecular complexity index is 806. The summed E-state index contributed by atoms with van der Waals surface area (Å²) in [5, 5.41) is 1.88. The minimum absolute atomic E-state index is 0.372. The number of rotatable bonds is 3. The van der Waals surface area contributed by atoms with E-state index in [2.05, 4.69) is 13.8 Å². The summed E-state index contributed by atoms with van der Waals surface area (Å²) in [6, 6.07) is 11.0. The molecule has 2 aromatic rings. The van der Waals surface area contributed by atoms with Gasteiger partial charge in [0.25, 0.3) is 0 Å². The van der Waals surface area contributed by atoms with Gasteiger partial charge in [-0.25, -0.2) is 8.42 Å². The maximum Gasteiger partial charge on any atom is 0.243 e. The van der Waals surface area contributed by atoms with E-state index in [1.54, 1.807) is 23.5 Å². The molecule has 0 spiro atoms. The Hall–Kier alpha value is -1.59. The molecular weight excluding hydrogens is 310 g/mol. The zero-order valence-corrected chi connectivity index (χ0v) is 14.6. The first kappa shape index (κ1) is 16.3. The number of benzene rings is 2. The summed E-state index contributed by atoms with van der Waals surface area (Å²) >= 11 is 0. The van der Waals surface area contributed by atoms with Gasteiger partial charge in [0, 0.05) is 13.1 Å². The van der Waals surface area contributed by atoms with E-state index in [-0.39, 0.29) is 0 Å². The first-order valence-electron chi connectivity index (χ1n) is 7.98. The highest BCUT2D eigenvalue weighted by Gasteiger charge is 2.31. The number of hydrogen-bond donors (Lipinski definition) is 0. The highest BCUT2D eigenvalue weighted by molar-refractivity contribution is 7.89. The van der Waals surface area contributed by atoms with E-state index in [4.69, 9.17) is 4.74 Å². The lowest BCUT2D eigenvalue weighted by molar-refractivity contribution is 0.222. The Morgan fingerprint density at radius 1 is 1.00 bits per heavy atom. The van der Waals surface area contributed by atoms with E-state index in [0.29, 0.717) is 29.8 Å². The van der Waals surface area contributed by atoms with Crippen molar-refractivity contribution in [2.75, 3.05) is 20.2 Å².